The summed E-state index contributed by atoms with van der Waals surface area (Å²) in [5, 5.41) is 11.5. The van der Waals surface area contributed by atoms with Gasteiger partial charge in [0.15, 0.2) is 11.5 Å². The Kier molecular flexibility index (Phi) is 4.68. The maximum atomic E-state index is 11.9. The van der Waals surface area contributed by atoms with Crippen molar-refractivity contribution in [2.45, 2.75) is 12.8 Å². The summed E-state index contributed by atoms with van der Waals surface area (Å²) in [6.45, 7) is 1.12. The quantitative estimate of drug-likeness (QED) is 0.809. The normalized spacial score (nSPS) is 12.8. The van der Waals surface area contributed by atoms with Crippen molar-refractivity contribution in [2.24, 2.45) is 0 Å². The first-order chi connectivity index (χ1) is 9.58. The Morgan fingerprint density at radius 2 is 2.05 bits per heavy atom. The maximum absolute atomic E-state index is 11.9. The van der Waals surface area contributed by atoms with Crippen LogP contribution in [0.3, 0.4) is 0 Å². The van der Waals surface area contributed by atoms with Crippen molar-refractivity contribution < 1.29 is 24.2 Å². The van der Waals surface area contributed by atoms with Crippen LogP contribution in [0.15, 0.2) is 12.1 Å². The minimum Gasteiger partial charge on any atom is -0.486 e. The summed E-state index contributed by atoms with van der Waals surface area (Å²) in [5.41, 5.74) is 0.356. The first-order valence-corrected chi connectivity index (χ1v) is 6.55. The Morgan fingerprint density at radius 1 is 1.30 bits per heavy atom. The van der Waals surface area contributed by atoms with Crippen LogP contribution in [0.1, 0.15) is 23.2 Å². The molecule has 0 spiro atoms. The number of fused-ring (bicyclic) bond motifs is 1. The summed E-state index contributed by atoms with van der Waals surface area (Å²) in [6, 6.07) is 3.06. The lowest BCUT2D eigenvalue weighted by Gasteiger charge is -2.20. The van der Waals surface area contributed by atoms with Crippen LogP contribution < -0.4 is 14.8 Å². The summed E-state index contributed by atoms with van der Waals surface area (Å²) in [7, 11) is 0. The fourth-order valence-corrected chi connectivity index (χ4v) is 2.05. The molecule has 1 aliphatic rings. The van der Waals surface area contributed by atoms with Gasteiger partial charge in [-0.25, -0.2) is 0 Å². The number of aliphatic carboxylic acids is 1. The molecule has 0 bridgehead atoms. The maximum Gasteiger partial charge on any atom is 0.303 e. The molecule has 108 valence electrons. The van der Waals surface area contributed by atoms with Crippen molar-refractivity contribution in [1.29, 1.82) is 0 Å². The van der Waals surface area contributed by atoms with Gasteiger partial charge in [0.2, 0.25) is 0 Å². The van der Waals surface area contributed by atoms with Crippen LogP contribution in [-0.2, 0) is 4.79 Å². The van der Waals surface area contributed by atoms with E-state index in [1.165, 1.54) is 6.07 Å². The number of amides is 1. The summed E-state index contributed by atoms with van der Waals surface area (Å²) in [6.07, 6.45) is 0.390. The molecule has 1 amide bonds. The lowest BCUT2D eigenvalue weighted by Crippen LogP contribution is -2.25. The summed E-state index contributed by atoms with van der Waals surface area (Å²) >= 11 is 6.03. The molecule has 1 aromatic rings. The van der Waals surface area contributed by atoms with E-state index in [2.05, 4.69) is 5.32 Å². The van der Waals surface area contributed by atoms with Crippen molar-refractivity contribution in [1.82, 2.24) is 5.32 Å². The molecule has 1 aliphatic heterocycles. The molecular formula is C13H14ClNO5. The van der Waals surface area contributed by atoms with Gasteiger partial charge in [-0.3, -0.25) is 9.59 Å². The number of carboxylic acids is 1. The second-order valence-corrected chi connectivity index (χ2v) is 4.64. The lowest BCUT2D eigenvalue weighted by molar-refractivity contribution is -0.137. The molecular weight excluding hydrogens is 286 g/mol. The zero-order chi connectivity index (χ0) is 14.5. The van der Waals surface area contributed by atoms with Crippen LogP contribution in [-0.4, -0.2) is 36.7 Å². The van der Waals surface area contributed by atoms with Crippen molar-refractivity contribution in [3.05, 3.63) is 22.7 Å². The number of carbonyl (C=O) groups excluding carboxylic acids is 1. The monoisotopic (exact) mass is 299 g/mol. The standard InChI is InChI=1S/C13H14ClNO5/c14-9-6-8(7-10-12(9)20-5-4-19-10)13(18)15-3-1-2-11(16)17/h6-7H,1-5H2,(H,15,18)(H,16,17). The van der Waals surface area contributed by atoms with Gasteiger partial charge in [0.25, 0.3) is 5.91 Å². The number of hydrogen-bond acceptors (Lipinski definition) is 4. The van der Waals surface area contributed by atoms with E-state index in [4.69, 9.17) is 26.2 Å². The van der Waals surface area contributed by atoms with E-state index in [1.807, 2.05) is 0 Å². The molecule has 0 saturated carbocycles. The Bertz CT molecular complexity index is 532. The first-order valence-electron chi connectivity index (χ1n) is 6.17. The van der Waals surface area contributed by atoms with Gasteiger partial charge in [-0.2, -0.15) is 0 Å². The van der Waals surface area contributed by atoms with Crippen molar-refractivity contribution in [3.63, 3.8) is 0 Å². The third-order valence-electron chi connectivity index (χ3n) is 2.71. The fourth-order valence-electron chi connectivity index (χ4n) is 1.79. The number of hydrogen-bond donors (Lipinski definition) is 2. The largest absolute Gasteiger partial charge is 0.486 e. The highest BCUT2D eigenvalue weighted by Crippen LogP contribution is 2.38. The molecule has 6 nitrogen and oxygen atoms in total. The molecule has 1 aromatic carbocycles. The number of benzene rings is 1. The zero-order valence-corrected chi connectivity index (χ0v) is 11.4. The number of nitrogens with one attached hydrogen (secondary N) is 1. The van der Waals surface area contributed by atoms with Crippen molar-refractivity contribution in [2.75, 3.05) is 19.8 Å². The van der Waals surface area contributed by atoms with Gasteiger partial charge < -0.3 is 19.9 Å². The zero-order valence-electron chi connectivity index (χ0n) is 10.6. The smallest absolute Gasteiger partial charge is 0.303 e. The molecule has 2 rings (SSSR count). The van der Waals surface area contributed by atoms with Crippen molar-refractivity contribution in [3.8, 4) is 11.5 Å². The van der Waals surface area contributed by atoms with Gasteiger partial charge in [-0.15, -0.1) is 0 Å². The van der Waals surface area contributed by atoms with Gasteiger partial charge >= 0.3 is 5.97 Å². The summed E-state index contributed by atoms with van der Waals surface area (Å²) in [4.78, 5) is 22.3. The SMILES string of the molecule is O=C(O)CCCNC(=O)c1cc(Cl)c2c(c1)OCCO2. The van der Waals surface area contributed by atoms with Gasteiger partial charge in [0.05, 0.1) is 5.02 Å². The van der Waals surface area contributed by atoms with Crippen LogP contribution in [0.2, 0.25) is 5.02 Å². The number of carboxylic acid groups (broad SMARTS) is 1. The molecule has 0 atom stereocenters. The van der Waals surface area contributed by atoms with Crippen LogP contribution in [0.4, 0.5) is 0 Å². The molecule has 7 heteroatoms. The minimum atomic E-state index is -0.887. The first kappa shape index (κ1) is 14.5. The second kappa shape index (κ2) is 6.47. The fraction of sp³-hybridized carbons (Fsp3) is 0.385. The molecule has 0 aromatic heterocycles. The van der Waals surface area contributed by atoms with Crippen LogP contribution >= 0.6 is 11.6 Å². The van der Waals surface area contributed by atoms with E-state index in [0.29, 0.717) is 41.7 Å². The Hall–Kier alpha value is -1.95. The van der Waals surface area contributed by atoms with E-state index in [9.17, 15) is 9.59 Å². The molecule has 1 heterocycles. The Balaban J connectivity index is 1.99. The molecule has 0 fully saturated rings. The van der Waals surface area contributed by atoms with Gasteiger partial charge in [-0.05, 0) is 18.6 Å². The van der Waals surface area contributed by atoms with Crippen LogP contribution in [0, 0.1) is 0 Å². The lowest BCUT2D eigenvalue weighted by atomic mass is 10.1. The van der Waals surface area contributed by atoms with E-state index in [0.717, 1.165) is 0 Å². The molecule has 0 aliphatic carbocycles. The van der Waals surface area contributed by atoms with E-state index in [-0.39, 0.29) is 18.9 Å². The highest BCUT2D eigenvalue weighted by atomic mass is 35.5. The molecule has 2 N–H and O–H groups in total. The second-order valence-electron chi connectivity index (χ2n) is 4.24. The Labute approximate surface area is 120 Å². The van der Waals surface area contributed by atoms with Gasteiger partial charge in [0, 0.05) is 18.5 Å². The average Bonchev–Trinajstić information content (AvgIpc) is 2.43. The average molecular weight is 300 g/mol. The third kappa shape index (κ3) is 3.54. The predicted octanol–water partition coefficient (Wildman–Crippen LogP) is 1.71. The molecule has 20 heavy (non-hydrogen) atoms. The Morgan fingerprint density at radius 3 is 2.80 bits per heavy atom. The van der Waals surface area contributed by atoms with Crippen molar-refractivity contribution >= 4 is 23.5 Å². The van der Waals surface area contributed by atoms with Gasteiger partial charge in [0.1, 0.15) is 13.2 Å². The topological polar surface area (TPSA) is 84.9 Å². The van der Waals surface area contributed by atoms with Gasteiger partial charge in [-0.1, -0.05) is 11.6 Å². The number of halogens is 1. The third-order valence-corrected chi connectivity index (χ3v) is 2.99. The highest BCUT2D eigenvalue weighted by Gasteiger charge is 2.19. The van der Waals surface area contributed by atoms with E-state index in [1.54, 1.807) is 6.07 Å². The summed E-state index contributed by atoms with van der Waals surface area (Å²) < 4.78 is 10.7. The summed E-state index contributed by atoms with van der Waals surface area (Å²) in [5.74, 6) is -0.323. The molecule has 0 saturated heterocycles. The molecule has 0 unspecified atom stereocenters. The number of rotatable bonds is 5. The number of carbonyl (C=O) groups is 2. The van der Waals surface area contributed by atoms with E-state index >= 15 is 0 Å². The van der Waals surface area contributed by atoms with Crippen LogP contribution in [0.25, 0.3) is 0 Å². The van der Waals surface area contributed by atoms with Crippen LogP contribution in [0.5, 0.6) is 11.5 Å². The highest BCUT2D eigenvalue weighted by molar-refractivity contribution is 6.32. The predicted molar refractivity (Wildman–Crippen MR) is 71.6 cm³/mol. The molecule has 0 radical (unpaired) electrons. The minimum absolute atomic E-state index is 0.0160. The number of ether oxygens (including phenoxy) is 2. The van der Waals surface area contributed by atoms with E-state index < -0.39 is 5.97 Å².